The smallest absolute Gasteiger partial charge is 0.321 e. The van der Waals surface area contributed by atoms with Crippen molar-refractivity contribution in [2.24, 2.45) is 0 Å². The number of phenols is 1. The third kappa shape index (κ3) is 2.75. The zero-order valence-corrected chi connectivity index (χ0v) is 11.0. The molecule has 0 radical (unpaired) electrons. The highest BCUT2D eigenvalue weighted by Crippen LogP contribution is 2.25. The molecule has 4 nitrogen and oxygen atoms in total. The van der Waals surface area contributed by atoms with Gasteiger partial charge in [0, 0.05) is 18.8 Å². The fourth-order valence-corrected chi connectivity index (χ4v) is 2.23. The minimum Gasteiger partial charge on any atom is -0.508 e. The highest BCUT2D eigenvalue weighted by molar-refractivity contribution is 5.90. The summed E-state index contributed by atoms with van der Waals surface area (Å²) < 4.78 is 0. The van der Waals surface area contributed by atoms with Crippen LogP contribution in [0.15, 0.2) is 12.1 Å². The number of anilines is 1. The lowest BCUT2D eigenvalue weighted by Gasteiger charge is -2.27. The number of likely N-dealkylation sites (tertiary alicyclic amines) is 1. The van der Waals surface area contributed by atoms with E-state index in [1.807, 2.05) is 24.8 Å². The molecule has 1 saturated heterocycles. The Hall–Kier alpha value is -1.71. The molecular weight excluding hydrogens is 228 g/mol. The van der Waals surface area contributed by atoms with Crippen LogP contribution >= 0.6 is 0 Å². The topological polar surface area (TPSA) is 52.6 Å². The predicted molar refractivity (Wildman–Crippen MR) is 72.0 cm³/mol. The van der Waals surface area contributed by atoms with E-state index in [4.69, 9.17) is 0 Å². The molecular formula is C14H20N2O2. The molecule has 1 aromatic carbocycles. The highest BCUT2D eigenvalue weighted by Gasteiger charge is 2.17. The van der Waals surface area contributed by atoms with Crippen molar-refractivity contribution >= 4 is 11.7 Å². The minimum absolute atomic E-state index is 0.0390. The first-order chi connectivity index (χ1) is 8.58. The molecule has 0 unspecified atom stereocenters. The van der Waals surface area contributed by atoms with Gasteiger partial charge >= 0.3 is 6.03 Å². The van der Waals surface area contributed by atoms with Gasteiger partial charge in [-0.05, 0) is 56.4 Å². The van der Waals surface area contributed by atoms with E-state index in [-0.39, 0.29) is 11.8 Å². The molecule has 0 saturated carbocycles. The molecule has 0 atom stereocenters. The van der Waals surface area contributed by atoms with E-state index >= 15 is 0 Å². The third-order valence-electron chi connectivity index (χ3n) is 3.43. The Kier molecular flexibility index (Phi) is 3.75. The summed E-state index contributed by atoms with van der Waals surface area (Å²) >= 11 is 0. The van der Waals surface area contributed by atoms with Crippen LogP contribution in [0.1, 0.15) is 30.4 Å². The number of carbonyl (C=O) groups excluding carboxylic acids is 1. The van der Waals surface area contributed by atoms with E-state index in [0.717, 1.165) is 42.7 Å². The standard InChI is InChI=1S/C14H20N2O2/c1-10-9-13(17)11(2)8-12(10)15-14(18)16-6-4-3-5-7-16/h8-9,17H,3-7H2,1-2H3,(H,15,18). The average molecular weight is 248 g/mol. The molecule has 2 rings (SSSR count). The summed E-state index contributed by atoms with van der Waals surface area (Å²) in [6.45, 7) is 5.38. The highest BCUT2D eigenvalue weighted by atomic mass is 16.3. The maximum absolute atomic E-state index is 12.1. The van der Waals surface area contributed by atoms with Gasteiger partial charge in [0.2, 0.25) is 0 Å². The quantitative estimate of drug-likeness (QED) is 0.750. The van der Waals surface area contributed by atoms with E-state index in [2.05, 4.69) is 5.32 Å². The average Bonchev–Trinajstić information content (AvgIpc) is 2.37. The van der Waals surface area contributed by atoms with Crippen LogP contribution in [-0.2, 0) is 0 Å². The molecule has 1 heterocycles. The molecule has 2 N–H and O–H groups in total. The molecule has 18 heavy (non-hydrogen) atoms. The maximum atomic E-state index is 12.1. The number of carbonyl (C=O) groups is 1. The van der Waals surface area contributed by atoms with Gasteiger partial charge in [0.1, 0.15) is 5.75 Å². The summed E-state index contributed by atoms with van der Waals surface area (Å²) in [6.07, 6.45) is 3.38. The van der Waals surface area contributed by atoms with Gasteiger partial charge in [-0.1, -0.05) is 0 Å². The van der Waals surface area contributed by atoms with Crippen LogP contribution < -0.4 is 5.32 Å². The largest absolute Gasteiger partial charge is 0.508 e. The first-order valence-electron chi connectivity index (χ1n) is 6.44. The number of benzene rings is 1. The van der Waals surface area contributed by atoms with Crippen LogP contribution in [0.2, 0.25) is 0 Å². The van der Waals surface area contributed by atoms with E-state index in [1.165, 1.54) is 6.42 Å². The summed E-state index contributed by atoms with van der Waals surface area (Å²) in [6, 6.07) is 3.45. The first-order valence-corrected chi connectivity index (χ1v) is 6.44. The number of phenolic OH excluding ortho intramolecular Hbond substituents is 1. The second-order valence-electron chi connectivity index (χ2n) is 4.93. The molecule has 1 aromatic rings. The molecule has 0 bridgehead atoms. The number of nitrogens with zero attached hydrogens (tertiary/aromatic N) is 1. The van der Waals surface area contributed by atoms with Crippen molar-refractivity contribution in [2.75, 3.05) is 18.4 Å². The maximum Gasteiger partial charge on any atom is 0.321 e. The van der Waals surface area contributed by atoms with Gasteiger partial charge in [0.05, 0.1) is 0 Å². The van der Waals surface area contributed by atoms with Gasteiger partial charge in [-0.3, -0.25) is 0 Å². The molecule has 1 fully saturated rings. The van der Waals surface area contributed by atoms with Gasteiger partial charge in [-0.25, -0.2) is 4.79 Å². The predicted octanol–water partition coefficient (Wildman–Crippen LogP) is 3.03. The summed E-state index contributed by atoms with van der Waals surface area (Å²) in [5.74, 6) is 0.267. The molecule has 0 aromatic heterocycles. The van der Waals surface area contributed by atoms with E-state index < -0.39 is 0 Å². The third-order valence-corrected chi connectivity index (χ3v) is 3.43. The summed E-state index contributed by atoms with van der Waals surface area (Å²) in [5, 5.41) is 12.5. The fraction of sp³-hybridized carbons (Fsp3) is 0.500. The fourth-order valence-electron chi connectivity index (χ4n) is 2.23. The van der Waals surface area contributed by atoms with Crippen molar-refractivity contribution in [1.29, 1.82) is 0 Å². The van der Waals surface area contributed by atoms with Gasteiger partial charge < -0.3 is 15.3 Å². The number of urea groups is 1. The molecule has 1 aliphatic heterocycles. The van der Waals surface area contributed by atoms with Crippen molar-refractivity contribution < 1.29 is 9.90 Å². The molecule has 0 aliphatic carbocycles. The number of hydrogen-bond acceptors (Lipinski definition) is 2. The Morgan fingerprint density at radius 2 is 1.83 bits per heavy atom. The lowest BCUT2D eigenvalue weighted by atomic mass is 10.1. The number of piperidine rings is 1. The molecule has 1 aliphatic rings. The molecule has 98 valence electrons. The molecule has 4 heteroatoms. The molecule has 0 spiro atoms. The number of aromatic hydroxyl groups is 1. The number of hydrogen-bond donors (Lipinski definition) is 2. The Morgan fingerprint density at radius 3 is 2.50 bits per heavy atom. The van der Waals surface area contributed by atoms with E-state index in [9.17, 15) is 9.90 Å². The van der Waals surface area contributed by atoms with Crippen molar-refractivity contribution in [2.45, 2.75) is 33.1 Å². The Labute approximate surface area is 108 Å². The van der Waals surface area contributed by atoms with E-state index in [0.29, 0.717) is 0 Å². The number of rotatable bonds is 1. The first kappa shape index (κ1) is 12.7. The second kappa shape index (κ2) is 5.29. The van der Waals surface area contributed by atoms with Gasteiger partial charge in [0.25, 0.3) is 0 Å². The van der Waals surface area contributed by atoms with E-state index in [1.54, 1.807) is 6.07 Å². The summed E-state index contributed by atoms with van der Waals surface area (Å²) in [5.41, 5.74) is 2.43. The summed E-state index contributed by atoms with van der Waals surface area (Å²) in [4.78, 5) is 13.9. The minimum atomic E-state index is -0.0390. The van der Waals surface area contributed by atoms with Crippen LogP contribution in [0, 0.1) is 13.8 Å². The molecule has 2 amide bonds. The Balaban J connectivity index is 2.08. The van der Waals surface area contributed by atoms with Gasteiger partial charge in [0.15, 0.2) is 0 Å². The summed E-state index contributed by atoms with van der Waals surface area (Å²) in [7, 11) is 0. The normalized spacial score (nSPS) is 15.6. The van der Waals surface area contributed by atoms with Crippen LogP contribution in [0.25, 0.3) is 0 Å². The van der Waals surface area contributed by atoms with Crippen molar-refractivity contribution in [1.82, 2.24) is 4.90 Å². The lowest BCUT2D eigenvalue weighted by Crippen LogP contribution is -2.38. The SMILES string of the molecule is Cc1cc(NC(=O)N2CCCCC2)c(C)cc1O. The van der Waals surface area contributed by atoms with Gasteiger partial charge in [-0.2, -0.15) is 0 Å². The number of nitrogens with one attached hydrogen (secondary N) is 1. The zero-order chi connectivity index (χ0) is 13.1. The lowest BCUT2D eigenvalue weighted by molar-refractivity contribution is 0.200. The van der Waals surface area contributed by atoms with Gasteiger partial charge in [-0.15, -0.1) is 0 Å². The monoisotopic (exact) mass is 248 g/mol. The van der Waals surface area contributed by atoms with Crippen molar-refractivity contribution in [3.8, 4) is 5.75 Å². The van der Waals surface area contributed by atoms with Crippen molar-refractivity contribution in [3.05, 3.63) is 23.3 Å². The van der Waals surface area contributed by atoms with Crippen LogP contribution in [0.4, 0.5) is 10.5 Å². The van der Waals surface area contributed by atoms with Crippen LogP contribution in [0.3, 0.4) is 0 Å². The number of amides is 2. The second-order valence-corrected chi connectivity index (χ2v) is 4.93. The zero-order valence-electron chi connectivity index (χ0n) is 11.0. The van der Waals surface area contributed by atoms with Crippen LogP contribution in [0.5, 0.6) is 5.75 Å². The Morgan fingerprint density at radius 1 is 1.17 bits per heavy atom. The van der Waals surface area contributed by atoms with Crippen molar-refractivity contribution in [3.63, 3.8) is 0 Å². The number of aryl methyl sites for hydroxylation is 2. The van der Waals surface area contributed by atoms with Crippen LogP contribution in [-0.4, -0.2) is 29.1 Å². The Bertz CT molecular complexity index is 451.